The van der Waals surface area contributed by atoms with Crippen LogP contribution >= 0.6 is 0 Å². The molecule has 1 saturated heterocycles. The van der Waals surface area contributed by atoms with Crippen molar-refractivity contribution in [2.75, 3.05) is 6.54 Å². The second kappa shape index (κ2) is 6.31. The second-order valence-corrected chi connectivity index (χ2v) is 5.58. The zero-order valence-electron chi connectivity index (χ0n) is 12.5. The van der Waals surface area contributed by atoms with E-state index in [1.54, 1.807) is 6.92 Å². The molecule has 5 heteroatoms. The highest BCUT2D eigenvalue weighted by molar-refractivity contribution is 5.95. The van der Waals surface area contributed by atoms with Crippen LogP contribution in [-0.4, -0.2) is 44.8 Å². The van der Waals surface area contributed by atoms with Gasteiger partial charge in [0, 0.05) is 12.6 Å². The number of nitrogens with zero attached hydrogens (tertiary/aromatic N) is 3. The Morgan fingerprint density at radius 1 is 1.55 bits per heavy atom. The normalized spacial score (nSPS) is 20.2. The fourth-order valence-corrected chi connectivity index (χ4v) is 2.86. The van der Waals surface area contributed by atoms with Crippen LogP contribution in [0, 0.1) is 6.92 Å². The maximum absolute atomic E-state index is 12.7. The summed E-state index contributed by atoms with van der Waals surface area (Å²) in [5, 5.41) is 17.7. The molecule has 2 atom stereocenters. The first-order chi connectivity index (χ1) is 9.52. The minimum absolute atomic E-state index is 0.0306. The Bertz CT molecular complexity index is 488. The Morgan fingerprint density at radius 2 is 2.30 bits per heavy atom. The van der Waals surface area contributed by atoms with Crippen molar-refractivity contribution < 1.29 is 9.90 Å². The molecule has 1 aromatic rings. The van der Waals surface area contributed by atoms with Crippen molar-refractivity contribution in [3.63, 3.8) is 0 Å². The fourth-order valence-electron chi connectivity index (χ4n) is 2.86. The first kappa shape index (κ1) is 14.9. The molecule has 2 heterocycles. The minimum atomic E-state index is -0.378. The first-order valence-corrected chi connectivity index (χ1v) is 7.35. The molecule has 0 saturated carbocycles. The van der Waals surface area contributed by atoms with Crippen LogP contribution < -0.4 is 0 Å². The van der Waals surface area contributed by atoms with Gasteiger partial charge in [-0.05, 0) is 45.6 Å². The SMILES string of the molecule is CCc1nnc(C)cc1C(=O)N1CCCC1CC(C)O. The maximum atomic E-state index is 12.7. The zero-order valence-corrected chi connectivity index (χ0v) is 12.5. The van der Waals surface area contributed by atoms with Crippen LogP contribution in [0.2, 0.25) is 0 Å². The first-order valence-electron chi connectivity index (χ1n) is 7.35. The Labute approximate surface area is 120 Å². The number of hydrogen-bond acceptors (Lipinski definition) is 4. The zero-order chi connectivity index (χ0) is 14.7. The Morgan fingerprint density at radius 3 is 2.95 bits per heavy atom. The molecule has 0 aliphatic carbocycles. The summed E-state index contributed by atoms with van der Waals surface area (Å²) in [7, 11) is 0. The number of hydrogen-bond donors (Lipinski definition) is 1. The van der Waals surface area contributed by atoms with Gasteiger partial charge in [0.1, 0.15) is 0 Å². The van der Waals surface area contributed by atoms with Crippen LogP contribution in [0.5, 0.6) is 0 Å². The van der Waals surface area contributed by atoms with Crippen molar-refractivity contribution in [2.45, 2.75) is 58.6 Å². The molecular weight excluding hydrogens is 254 g/mol. The average Bonchev–Trinajstić information content (AvgIpc) is 2.85. The number of rotatable bonds is 4. The summed E-state index contributed by atoms with van der Waals surface area (Å²) in [5.41, 5.74) is 2.18. The summed E-state index contributed by atoms with van der Waals surface area (Å²) in [6, 6.07) is 1.96. The monoisotopic (exact) mass is 277 g/mol. The molecule has 2 unspecified atom stereocenters. The summed E-state index contributed by atoms with van der Waals surface area (Å²) >= 11 is 0. The molecular formula is C15H23N3O2. The molecule has 1 fully saturated rings. The second-order valence-electron chi connectivity index (χ2n) is 5.58. The van der Waals surface area contributed by atoms with E-state index in [1.807, 2.05) is 24.8 Å². The van der Waals surface area contributed by atoms with Gasteiger partial charge in [0.2, 0.25) is 0 Å². The van der Waals surface area contributed by atoms with E-state index < -0.39 is 0 Å². The minimum Gasteiger partial charge on any atom is -0.393 e. The van der Waals surface area contributed by atoms with E-state index in [0.717, 1.165) is 30.8 Å². The van der Waals surface area contributed by atoms with Crippen molar-refractivity contribution in [1.82, 2.24) is 15.1 Å². The standard InChI is InChI=1S/C15H23N3O2/c1-4-14-13(8-10(2)16-17-14)15(20)18-7-5-6-12(18)9-11(3)19/h8,11-12,19H,4-7,9H2,1-3H3. The lowest BCUT2D eigenvalue weighted by Gasteiger charge is -2.26. The van der Waals surface area contributed by atoms with Crippen LogP contribution in [0.4, 0.5) is 0 Å². The number of likely N-dealkylation sites (tertiary alicyclic amines) is 1. The molecule has 1 aliphatic heterocycles. The third-order valence-electron chi connectivity index (χ3n) is 3.81. The smallest absolute Gasteiger partial charge is 0.256 e. The van der Waals surface area contributed by atoms with Crippen molar-refractivity contribution in [2.24, 2.45) is 0 Å². The van der Waals surface area contributed by atoms with E-state index in [9.17, 15) is 9.90 Å². The molecule has 1 N–H and O–H groups in total. The maximum Gasteiger partial charge on any atom is 0.256 e. The topological polar surface area (TPSA) is 66.3 Å². The molecule has 0 bridgehead atoms. The number of amides is 1. The van der Waals surface area contributed by atoms with Gasteiger partial charge in [-0.3, -0.25) is 4.79 Å². The molecule has 1 amide bonds. The third kappa shape index (κ3) is 3.15. The molecule has 5 nitrogen and oxygen atoms in total. The van der Waals surface area contributed by atoms with Crippen LogP contribution in [-0.2, 0) is 6.42 Å². The molecule has 0 spiro atoms. The Kier molecular flexibility index (Phi) is 4.70. The molecule has 1 aromatic heterocycles. The predicted molar refractivity (Wildman–Crippen MR) is 76.5 cm³/mol. The van der Waals surface area contributed by atoms with Gasteiger partial charge in [-0.15, -0.1) is 0 Å². The van der Waals surface area contributed by atoms with Crippen LogP contribution in [0.1, 0.15) is 54.9 Å². The number of aliphatic hydroxyl groups excluding tert-OH is 1. The Hall–Kier alpha value is -1.49. The van der Waals surface area contributed by atoms with Gasteiger partial charge in [-0.25, -0.2) is 0 Å². The van der Waals surface area contributed by atoms with E-state index in [0.29, 0.717) is 18.4 Å². The number of aromatic nitrogens is 2. The highest BCUT2D eigenvalue weighted by Gasteiger charge is 2.31. The van der Waals surface area contributed by atoms with Gasteiger partial charge in [0.25, 0.3) is 5.91 Å². The van der Waals surface area contributed by atoms with Gasteiger partial charge < -0.3 is 10.0 Å². The Balaban J connectivity index is 2.24. The summed E-state index contributed by atoms with van der Waals surface area (Å²) in [6.07, 6.45) is 2.93. The summed E-state index contributed by atoms with van der Waals surface area (Å²) in [6.45, 7) is 6.37. The average molecular weight is 277 g/mol. The van der Waals surface area contributed by atoms with E-state index >= 15 is 0 Å². The van der Waals surface area contributed by atoms with E-state index in [4.69, 9.17) is 0 Å². The van der Waals surface area contributed by atoms with E-state index in [1.165, 1.54) is 0 Å². The lowest BCUT2D eigenvalue weighted by Crippen LogP contribution is -2.37. The largest absolute Gasteiger partial charge is 0.393 e. The van der Waals surface area contributed by atoms with Crippen molar-refractivity contribution in [1.29, 1.82) is 0 Å². The van der Waals surface area contributed by atoms with E-state index in [2.05, 4.69) is 10.2 Å². The quantitative estimate of drug-likeness (QED) is 0.910. The number of aliphatic hydroxyl groups is 1. The van der Waals surface area contributed by atoms with Gasteiger partial charge in [0.05, 0.1) is 23.1 Å². The van der Waals surface area contributed by atoms with Crippen molar-refractivity contribution >= 4 is 5.91 Å². The van der Waals surface area contributed by atoms with Gasteiger partial charge in [-0.2, -0.15) is 10.2 Å². The van der Waals surface area contributed by atoms with Crippen molar-refractivity contribution in [3.8, 4) is 0 Å². The summed E-state index contributed by atoms with van der Waals surface area (Å²) < 4.78 is 0. The molecule has 20 heavy (non-hydrogen) atoms. The van der Waals surface area contributed by atoms with Crippen LogP contribution in [0.3, 0.4) is 0 Å². The number of aryl methyl sites for hydroxylation is 2. The van der Waals surface area contributed by atoms with Gasteiger partial charge in [-0.1, -0.05) is 6.92 Å². The highest BCUT2D eigenvalue weighted by atomic mass is 16.3. The third-order valence-corrected chi connectivity index (χ3v) is 3.81. The lowest BCUT2D eigenvalue weighted by molar-refractivity contribution is 0.0680. The number of carbonyl (C=O) groups excluding carboxylic acids is 1. The summed E-state index contributed by atoms with van der Waals surface area (Å²) in [4.78, 5) is 14.6. The van der Waals surface area contributed by atoms with Gasteiger partial charge >= 0.3 is 0 Å². The highest BCUT2D eigenvalue weighted by Crippen LogP contribution is 2.24. The lowest BCUT2D eigenvalue weighted by atomic mass is 10.1. The molecule has 1 aliphatic rings. The number of carbonyl (C=O) groups is 1. The molecule has 0 radical (unpaired) electrons. The molecule has 0 aromatic carbocycles. The molecule has 110 valence electrons. The summed E-state index contributed by atoms with van der Waals surface area (Å²) in [5.74, 6) is 0.0306. The predicted octanol–water partition coefficient (Wildman–Crippen LogP) is 1.72. The van der Waals surface area contributed by atoms with E-state index in [-0.39, 0.29) is 18.1 Å². The van der Waals surface area contributed by atoms with Crippen LogP contribution in [0.25, 0.3) is 0 Å². The molecule has 2 rings (SSSR count). The fraction of sp³-hybridized carbons (Fsp3) is 0.667. The van der Waals surface area contributed by atoms with Crippen LogP contribution in [0.15, 0.2) is 6.07 Å². The van der Waals surface area contributed by atoms with Gasteiger partial charge in [0.15, 0.2) is 0 Å². The van der Waals surface area contributed by atoms with Crippen molar-refractivity contribution in [3.05, 3.63) is 23.0 Å².